The van der Waals surface area contributed by atoms with Crippen LogP contribution in [0.5, 0.6) is 5.75 Å². The fraction of sp³-hybridized carbons (Fsp3) is 0.467. The van der Waals surface area contributed by atoms with E-state index >= 15 is 0 Å². The Balaban J connectivity index is 2.95. The molecule has 2 unspecified atom stereocenters. The first-order valence-electron chi connectivity index (χ1n) is 6.81. The predicted octanol–water partition coefficient (Wildman–Crippen LogP) is 3.24. The summed E-state index contributed by atoms with van der Waals surface area (Å²) in [5, 5.41) is 10.6. The summed E-state index contributed by atoms with van der Waals surface area (Å²) in [6.45, 7) is 1.58. The number of urea groups is 1. The summed E-state index contributed by atoms with van der Waals surface area (Å²) in [4.78, 5) is 13.1. The van der Waals surface area contributed by atoms with Crippen LogP contribution in [0.1, 0.15) is 24.9 Å². The third-order valence-corrected chi connectivity index (χ3v) is 3.41. The zero-order valence-corrected chi connectivity index (χ0v) is 13.0. The Morgan fingerprint density at radius 2 is 1.96 bits per heavy atom. The van der Waals surface area contributed by atoms with Gasteiger partial charge in [-0.3, -0.25) is 0 Å². The van der Waals surface area contributed by atoms with Crippen LogP contribution >= 0.6 is 0 Å². The number of nitriles is 1. The maximum Gasteiger partial charge on any atom is 0.412 e. The van der Waals surface area contributed by atoms with Gasteiger partial charge in [0.05, 0.1) is 19.6 Å². The molecule has 1 N–H and O–H groups in total. The van der Waals surface area contributed by atoms with Gasteiger partial charge in [0.15, 0.2) is 6.04 Å². The second-order valence-corrected chi connectivity index (χ2v) is 5.02. The predicted molar refractivity (Wildman–Crippen MR) is 77.8 cm³/mol. The number of hydrogen-bond acceptors (Lipinski definition) is 3. The minimum absolute atomic E-state index is 0.0309. The van der Waals surface area contributed by atoms with Crippen LogP contribution in [-0.2, 0) is 0 Å². The van der Waals surface area contributed by atoms with Crippen LogP contribution in [0.4, 0.5) is 18.0 Å². The molecule has 126 valence electrons. The van der Waals surface area contributed by atoms with E-state index < -0.39 is 24.3 Å². The summed E-state index contributed by atoms with van der Waals surface area (Å²) in [6.07, 6.45) is -4.62. The molecule has 0 aromatic heterocycles. The van der Waals surface area contributed by atoms with Crippen molar-refractivity contribution in [3.05, 3.63) is 29.8 Å². The largest absolute Gasteiger partial charge is 0.497 e. The van der Waals surface area contributed by atoms with Gasteiger partial charge in [-0.05, 0) is 24.6 Å². The fourth-order valence-electron chi connectivity index (χ4n) is 1.85. The van der Waals surface area contributed by atoms with E-state index in [1.807, 2.05) is 11.4 Å². The number of alkyl halides is 3. The average Bonchev–Trinajstić information content (AvgIpc) is 2.51. The SMILES string of the molecule is COc1ccc(C(NC(=O)N(C)C(C)CC#N)C(F)(F)F)cc1. The minimum Gasteiger partial charge on any atom is -0.497 e. The van der Waals surface area contributed by atoms with Crippen LogP contribution in [0.15, 0.2) is 24.3 Å². The van der Waals surface area contributed by atoms with Gasteiger partial charge in [-0.15, -0.1) is 0 Å². The highest BCUT2D eigenvalue weighted by atomic mass is 19.4. The van der Waals surface area contributed by atoms with Crippen molar-refractivity contribution >= 4 is 6.03 Å². The minimum atomic E-state index is -4.65. The second-order valence-electron chi connectivity index (χ2n) is 5.02. The molecule has 0 bridgehead atoms. The normalized spacial score (nSPS) is 13.6. The van der Waals surface area contributed by atoms with E-state index in [0.717, 1.165) is 4.90 Å². The lowest BCUT2D eigenvalue weighted by Gasteiger charge is -2.28. The van der Waals surface area contributed by atoms with Crippen molar-refractivity contribution in [3.63, 3.8) is 0 Å². The standard InChI is InChI=1S/C15H18F3N3O2/c1-10(8-9-19)21(2)14(22)20-13(15(16,17)18)11-4-6-12(23-3)7-5-11/h4-7,10,13H,8H2,1-3H3,(H,20,22). The van der Waals surface area contributed by atoms with E-state index in [1.54, 1.807) is 6.92 Å². The van der Waals surface area contributed by atoms with Gasteiger partial charge in [0.2, 0.25) is 0 Å². The first-order valence-corrected chi connectivity index (χ1v) is 6.81. The van der Waals surface area contributed by atoms with Crippen molar-refractivity contribution in [2.45, 2.75) is 31.6 Å². The van der Waals surface area contributed by atoms with Crippen LogP contribution in [0, 0.1) is 11.3 Å². The van der Waals surface area contributed by atoms with Crippen molar-refractivity contribution in [2.24, 2.45) is 0 Å². The molecule has 0 saturated heterocycles. The van der Waals surface area contributed by atoms with Gasteiger partial charge in [0.25, 0.3) is 0 Å². The van der Waals surface area contributed by atoms with Gasteiger partial charge in [-0.25, -0.2) is 4.79 Å². The van der Waals surface area contributed by atoms with Gasteiger partial charge < -0.3 is 15.0 Å². The molecule has 1 aromatic rings. The van der Waals surface area contributed by atoms with Crippen molar-refractivity contribution in [1.29, 1.82) is 5.26 Å². The molecule has 5 nitrogen and oxygen atoms in total. The molecular weight excluding hydrogens is 311 g/mol. The van der Waals surface area contributed by atoms with E-state index in [9.17, 15) is 18.0 Å². The molecule has 0 fully saturated rings. The maximum atomic E-state index is 13.2. The van der Waals surface area contributed by atoms with E-state index in [1.165, 1.54) is 38.4 Å². The summed E-state index contributed by atoms with van der Waals surface area (Å²) < 4.78 is 44.6. The Labute approximate surface area is 132 Å². The number of halogens is 3. The van der Waals surface area contributed by atoms with E-state index in [0.29, 0.717) is 5.75 Å². The summed E-state index contributed by atoms with van der Waals surface area (Å²) in [5.41, 5.74) is -0.104. The highest BCUT2D eigenvalue weighted by Gasteiger charge is 2.42. The highest BCUT2D eigenvalue weighted by Crippen LogP contribution is 2.33. The molecule has 0 aliphatic rings. The number of methoxy groups -OCH3 is 1. The number of nitrogens with zero attached hydrogens (tertiary/aromatic N) is 2. The monoisotopic (exact) mass is 329 g/mol. The summed E-state index contributed by atoms with van der Waals surface area (Å²) in [5.74, 6) is 0.417. The maximum absolute atomic E-state index is 13.2. The quantitative estimate of drug-likeness (QED) is 0.902. The molecule has 2 atom stereocenters. The van der Waals surface area contributed by atoms with Gasteiger partial charge in [-0.1, -0.05) is 12.1 Å². The first-order chi connectivity index (χ1) is 10.7. The van der Waals surface area contributed by atoms with Gasteiger partial charge in [-0.2, -0.15) is 18.4 Å². The number of ether oxygens (including phenoxy) is 1. The Hall–Kier alpha value is -2.43. The molecule has 2 amide bonds. The summed E-state index contributed by atoms with van der Waals surface area (Å²) in [7, 11) is 2.75. The van der Waals surface area contributed by atoms with Crippen LogP contribution < -0.4 is 10.1 Å². The molecule has 0 heterocycles. The first kappa shape index (κ1) is 18.6. The molecule has 23 heavy (non-hydrogen) atoms. The van der Waals surface area contributed by atoms with Crippen molar-refractivity contribution < 1.29 is 22.7 Å². The molecular formula is C15H18F3N3O2. The second kappa shape index (κ2) is 7.72. The van der Waals surface area contributed by atoms with E-state index in [-0.39, 0.29) is 12.0 Å². The zero-order chi connectivity index (χ0) is 17.6. The summed E-state index contributed by atoms with van der Waals surface area (Å²) >= 11 is 0. The number of amides is 2. The molecule has 0 radical (unpaired) electrons. The molecule has 8 heteroatoms. The third-order valence-electron chi connectivity index (χ3n) is 3.41. The van der Waals surface area contributed by atoms with Crippen molar-refractivity contribution in [2.75, 3.05) is 14.2 Å². The molecule has 0 spiro atoms. The molecule has 0 saturated carbocycles. The lowest BCUT2D eigenvalue weighted by atomic mass is 10.1. The average molecular weight is 329 g/mol. The molecule has 0 aliphatic heterocycles. The smallest absolute Gasteiger partial charge is 0.412 e. The van der Waals surface area contributed by atoms with Gasteiger partial charge in [0.1, 0.15) is 5.75 Å². The molecule has 1 rings (SSSR count). The van der Waals surface area contributed by atoms with Gasteiger partial charge in [0, 0.05) is 13.1 Å². The van der Waals surface area contributed by atoms with E-state index in [4.69, 9.17) is 10.00 Å². The number of nitrogens with one attached hydrogen (secondary N) is 1. The van der Waals surface area contributed by atoms with Crippen LogP contribution in [0.2, 0.25) is 0 Å². The van der Waals surface area contributed by atoms with Crippen LogP contribution in [0.25, 0.3) is 0 Å². The fourth-order valence-corrected chi connectivity index (χ4v) is 1.85. The van der Waals surface area contributed by atoms with Gasteiger partial charge >= 0.3 is 12.2 Å². The number of hydrogen-bond donors (Lipinski definition) is 1. The Bertz CT molecular complexity index is 567. The lowest BCUT2D eigenvalue weighted by molar-refractivity contribution is -0.155. The molecule has 0 aliphatic carbocycles. The Kier molecular flexibility index (Phi) is 6.25. The Morgan fingerprint density at radius 3 is 2.39 bits per heavy atom. The van der Waals surface area contributed by atoms with Crippen LogP contribution in [0.3, 0.4) is 0 Å². The van der Waals surface area contributed by atoms with Crippen molar-refractivity contribution in [3.8, 4) is 11.8 Å². The van der Waals surface area contributed by atoms with Crippen LogP contribution in [-0.4, -0.2) is 37.3 Å². The van der Waals surface area contributed by atoms with E-state index in [2.05, 4.69) is 0 Å². The number of rotatable bonds is 5. The van der Waals surface area contributed by atoms with Crippen molar-refractivity contribution in [1.82, 2.24) is 10.2 Å². The zero-order valence-electron chi connectivity index (χ0n) is 13.0. The Morgan fingerprint density at radius 1 is 1.39 bits per heavy atom. The third kappa shape index (κ3) is 5.06. The topological polar surface area (TPSA) is 65.4 Å². The summed E-state index contributed by atoms with van der Waals surface area (Å²) in [6, 6.07) is 3.61. The number of carbonyl (C=O) groups is 1. The number of benzene rings is 1. The lowest BCUT2D eigenvalue weighted by Crippen LogP contribution is -2.47. The molecule has 1 aromatic carbocycles. The number of carbonyl (C=O) groups excluding carboxylic acids is 1. The highest BCUT2D eigenvalue weighted by molar-refractivity contribution is 5.75.